The molecule has 1 N–H and O–H groups in total. The highest BCUT2D eigenvalue weighted by Gasteiger charge is 2.27. The van der Waals surface area contributed by atoms with Crippen LogP contribution in [0.15, 0.2) is 24.3 Å². The Labute approximate surface area is 121 Å². The van der Waals surface area contributed by atoms with E-state index in [4.69, 9.17) is 9.47 Å². The fraction of sp³-hybridized carbons (Fsp3) is 0.625. The van der Waals surface area contributed by atoms with Crippen molar-refractivity contribution >= 4 is 5.69 Å². The summed E-state index contributed by atoms with van der Waals surface area (Å²) in [5.74, 6) is 0.998. The molecule has 0 amide bonds. The van der Waals surface area contributed by atoms with Crippen molar-refractivity contribution in [3.05, 3.63) is 24.3 Å². The van der Waals surface area contributed by atoms with Crippen LogP contribution in [0.5, 0.6) is 5.75 Å². The molecule has 1 unspecified atom stereocenters. The van der Waals surface area contributed by atoms with E-state index in [0.29, 0.717) is 6.04 Å². The van der Waals surface area contributed by atoms with E-state index >= 15 is 0 Å². The number of nitrogens with zero attached hydrogens (tertiary/aromatic N) is 1. The molecular weight excluding hydrogens is 252 g/mol. The summed E-state index contributed by atoms with van der Waals surface area (Å²) in [6.07, 6.45) is 3.69. The minimum absolute atomic E-state index is 0.364. The predicted octanol–water partition coefficient (Wildman–Crippen LogP) is 2.04. The van der Waals surface area contributed by atoms with Gasteiger partial charge in [-0.2, -0.15) is 0 Å². The first-order valence-corrected chi connectivity index (χ1v) is 7.59. The van der Waals surface area contributed by atoms with Crippen molar-refractivity contribution in [2.75, 3.05) is 38.3 Å². The van der Waals surface area contributed by atoms with Crippen molar-refractivity contribution < 1.29 is 9.47 Å². The number of hydrogen-bond donors (Lipinski definition) is 1. The zero-order valence-corrected chi connectivity index (χ0v) is 12.2. The third-order valence-corrected chi connectivity index (χ3v) is 3.99. The minimum atomic E-state index is 0.364. The summed E-state index contributed by atoms with van der Waals surface area (Å²) in [6.45, 7) is 3.54. The van der Waals surface area contributed by atoms with Crippen LogP contribution in [0.25, 0.3) is 0 Å². The third-order valence-electron chi connectivity index (χ3n) is 3.99. The molecule has 1 atom stereocenters. The summed E-state index contributed by atoms with van der Waals surface area (Å²) < 4.78 is 11.3. The number of methoxy groups -OCH3 is 1. The molecule has 0 bridgehead atoms. The number of benzene rings is 1. The van der Waals surface area contributed by atoms with Crippen LogP contribution < -0.4 is 15.0 Å². The lowest BCUT2D eigenvalue weighted by atomic mass is 10.2. The van der Waals surface area contributed by atoms with Crippen LogP contribution in [0.3, 0.4) is 0 Å². The normalized spacial score (nSPS) is 19.9. The molecule has 3 rings (SSSR count). The number of nitrogens with one attached hydrogen (secondary N) is 1. The SMILES string of the molecule is COCC(CNC1CC1)N1CCCOc2ccccc21. The highest BCUT2D eigenvalue weighted by molar-refractivity contribution is 5.59. The molecule has 0 saturated heterocycles. The maximum atomic E-state index is 5.84. The third kappa shape index (κ3) is 3.25. The van der Waals surface area contributed by atoms with Gasteiger partial charge >= 0.3 is 0 Å². The molecule has 2 aliphatic rings. The average Bonchev–Trinajstić information content (AvgIpc) is 3.30. The van der Waals surface area contributed by atoms with Gasteiger partial charge in [0, 0.05) is 26.2 Å². The average molecular weight is 276 g/mol. The van der Waals surface area contributed by atoms with Crippen LogP contribution in [0, 0.1) is 0 Å². The van der Waals surface area contributed by atoms with E-state index in [1.165, 1.54) is 18.5 Å². The van der Waals surface area contributed by atoms with Crippen molar-refractivity contribution in [1.82, 2.24) is 5.32 Å². The smallest absolute Gasteiger partial charge is 0.142 e. The first kappa shape index (κ1) is 13.7. The lowest BCUT2D eigenvalue weighted by Crippen LogP contribution is -2.46. The monoisotopic (exact) mass is 276 g/mol. The van der Waals surface area contributed by atoms with E-state index in [0.717, 1.165) is 44.5 Å². The molecular formula is C16H24N2O2. The van der Waals surface area contributed by atoms with Crippen molar-refractivity contribution in [1.29, 1.82) is 0 Å². The van der Waals surface area contributed by atoms with Crippen LogP contribution >= 0.6 is 0 Å². The quantitative estimate of drug-likeness (QED) is 0.862. The molecule has 0 spiro atoms. The van der Waals surface area contributed by atoms with Gasteiger partial charge in [-0.15, -0.1) is 0 Å². The van der Waals surface area contributed by atoms with Crippen LogP contribution in [-0.2, 0) is 4.74 Å². The highest BCUT2D eigenvalue weighted by Crippen LogP contribution is 2.32. The molecule has 20 heavy (non-hydrogen) atoms. The second-order valence-electron chi connectivity index (χ2n) is 5.65. The summed E-state index contributed by atoms with van der Waals surface area (Å²) in [4.78, 5) is 2.45. The second-order valence-corrected chi connectivity index (χ2v) is 5.65. The summed E-state index contributed by atoms with van der Waals surface area (Å²) in [5, 5.41) is 3.63. The highest BCUT2D eigenvalue weighted by atomic mass is 16.5. The molecule has 0 aromatic heterocycles. The first-order valence-electron chi connectivity index (χ1n) is 7.59. The largest absolute Gasteiger partial charge is 0.491 e. The van der Waals surface area contributed by atoms with Gasteiger partial charge in [-0.25, -0.2) is 0 Å². The summed E-state index contributed by atoms with van der Waals surface area (Å²) in [6, 6.07) is 9.43. The molecule has 4 heteroatoms. The molecule has 1 aliphatic heterocycles. The molecule has 1 aromatic rings. The van der Waals surface area contributed by atoms with Crippen molar-refractivity contribution in [2.24, 2.45) is 0 Å². The van der Waals surface area contributed by atoms with Gasteiger partial charge in [0.1, 0.15) is 5.75 Å². The predicted molar refractivity (Wildman–Crippen MR) is 80.6 cm³/mol. The Balaban J connectivity index is 1.76. The summed E-state index contributed by atoms with van der Waals surface area (Å²) in [5.41, 5.74) is 1.20. The Morgan fingerprint density at radius 1 is 1.40 bits per heavy atom. The lowest BCUT2D eigenvalue weighted by Gasteiger charge is -2.33. The zero-order valence-electron chi connectivity index (χ0n) is 12.2. The number of para-hydroxylation sites is 2. The lowest BCUT2D eigenvalue weighted by molar-refractivity contribution is 0.175. The molecule has 4 nitrogen and oxygen atoms in total. The molecule has 1 heterocycles. The fourth-order valence-electron chi connectivity index (χ4n) is 2.77. The van der Waals surface area contributed by atoms with Gasteiger partial charge in [0.2, 0.25) is 0 Å². The van der Waals surface area contributed by atoms with E-state index in [1.807, 2.05) is 6.07 Å². The van der Waals surface area contributed by atoms with Crippen LogP contribution in [0.2, 0.25) is 0 Å². The number of hydrogen-bond acceptors (Lipinski definition) is 4. The molecule has 0 radical (unpaired) electrons. The summed E-state index contributed by atoms with van der Waals surface area (Å²) >= 11 is 0. The van der Waals surface area contributed by atoms with Gasteiger partial charge in [0.15, 0.2) is 0 Å². The molecule has 110 valence electrons. The zero-order chi connectivity index (χ0) is 13.8. The van der Waals surface area contributed by atoms with Gasteiger partial charge in [-0.1, -0.05) is 12.1 Å². The first-order chi connectivity index (χ1) is 9.88. The summed E-state index contributed by atoms with van der Waals surface area (Å²) in [7, 11) is 1.78. The van der Waals surface area contributed by atoms with Crippen LogP contribution in [0.4, 0.5) is 5.69 Å². The van der Waals surface area contributed by atoms with Gasteiger partial charge in [0.25, 0.3) is 0 Å². The molecule has 1 aliphatic carbocycles. The minimum Gasteiger partial charge on any atom is -0.491 e. The van der Waals surface area contributed by atoms with Crippen molar-refractivity contribution in [3.8, 4) is 5.75 Å². The van der Waals surface area contributed by atoms with E-state index in [1.54, 1.807) is 7.11 Å². The second kappa shape index (κ2) is 6.46. The van der Waals surface area contributed by atoms with Crippen molar-refractivity contribution in [2.45, 2.75) is 31.3 Å². The number of rotatable bonds is 6. The topological polar surface area (TPSA) is 33.7 Å². The Hall–Kier alpha value is -1.26. The van der Waals surface area contributed by atoms with Crippen LogP contribution in [-0.4, -0.2) is 45.5 Å². The van der Waals surface area contributed by atoms with Crippen LogP contribution in [0.1, 0.15) is 19.3 Å². The van der Waals surface area contributed by atoms with Gasteiger partial charge in [-0.3, -0.25) is 0 Å². The Morgan fingerprint density at radius 2 is 2.25 bits per heavy atom. The van der Waals surface area contributed by atoms with Gasteiger partial charge in [0.05, 0.1) is 24.9 Å². The number of anilines is 1. The van der Waals surface area contributed by atoms with E-state index in [-0.39, 0.29) is 0 Å². The maximum absolute atomic E-state index is 5.84. The molecule has 1 fully saturated rings. The number of fused-ring (bicyclic) bond motifs is 1. The van der Waals surface area contributed by atoms with E-state index in [2.05, 4.69) is 28.4 Å². The molecule has 1 aromatic carbocycles. The van der Waals surface area contributed by atoms with E-state index < -0.39 is 0 Å². The van der Waals surface area contributed by atoms with Gasteiger partial charge < -0.3 is 19.7 Å². The number of ether oxygens (including phenoxy) is 2. The Bertz CT molecular complexity index is 434. The van der Waals surface area contributed by atoms with Gasteiger partial charge in [-0.05, 0) is 31.4 Å². The Kier molecular flexibility index (Phi) is 4.43. The molecule has 1 saturated carbocycles. The standard InChI is InChI=1S/C16H24N2O2/c1-19-12-14(11-17-13-7-8-13)18-9-4-10-20-16-6-3-2-5-15(16)18/h2-3,5-6,13-14,17H,4,7-12H2,1H3. The Morgan fingerprint density at radius 3 is 3.05 bits per heavy atom. The maximum Gasteiger partial charge on any atom is 0.142 e. The van der Waals surface area contributed by atoms with E-state index in [9.17, 15) is 0 Å². The van der Waals surface area contributed by atoms with Crippen molar-refractivity contribution in [3.63, 3.8) is 0 Å². The fourth-order valence-corrected chi connectivity index (χ4v) is 2.77.